The molecule has 11 heteroatoms. The van der Waals surface area contributed by atoms with Crippen molar-refractivity contribution in [2.24, 2.45) is 0 Å². The Balaban J connectivity index is 1.34. The Bertz CT molecular complexity index is 1120. The van der Waals surface area contributed by atoms with E-state index < -0.39 is 0 Å². The summed E-state index contributed by atoms with van der Waals surface area (Å²) in [7, 11) is 0. The molecule has 1 amide bonds. The highest BCUT2D eigenvalue weighted by Gasteiger charge is 2.25. The fourth-order valence-electron chi connectivity index (χ4n) is 4.40. The van der Waals surface area contributed by atoms with E-state index >= 15 is 0 Å². The first-order valence-electron chi connectivity index (χ1n) is 12.7. The number of amides is 1. The molecule has 0 aromatic heterocycles. The maximum Gasteiger partial charge on any atom is 0.292 e. The molecule has 2 saturated heterocycles. The summed E-state index contributed by atoms with van der Waals surface area (Å²) in [6, 6.07) is 12.4. The quantitative estimate of drug-likeness (QED) is 0.239. The molecule has 0 saturated carbocycles. The average Bonchev–Trinajstić information content (AvgIpc) is 2.93. The average molecular weight is 528 g/mol. The minimum atomic E-state index is -0.333. The van der Waals surface area contributed by atoms with Gasteiger partial charge in [0.2, 0.25) is 0 Å². The molecule has 2 heterocycles. The largest absolute Gasteiger partial charge is 0.494 e. The molecular weight excluding hydrogens is 494 g/mol. The molecule has 2 fully saturated rings. The van der Waals surface area contributed by atoms with Gasteiger partial charge >= 0.3 is 0 Å². The van der Waals surface area contributed by atoms with E-state index in [1.807, 2.05) is 21.9 Å². The first-order chi connectivity index (χ1) is 18.0. The zero-order chi connectivity index (χ0) is 26.2. The number of hydrogen-bond acceptors (Lipinski definition) is 8. The number of rotatable bonds is 8. The maximum atomic E-state index is 12.8. The highest BCUT2D eigenvalue weighted by Crippen LogP contribution is 2.33. The summed E-state index contributed by atoms with van der Waals surface area (Å²) in [6.07, 6.45) is 2.00. The van der Waals surface area contributed by atoms with Gasteiger partial charge in [0.25, 0.3) is 11.6 Å². The molecule has 2 aromatic rings. The van der Waals surface area contributed by atoms with Crippen molar-refractivity contribution in [3.63, 3.8) is 0 Å². The summed E-state index contributed by atoms with van der Waals surface area (Å²) in [4.78, 5) is 30.2. The van der Waals surface area contributed by atoms with Crippen LogP contribution in [0.1, 0.15) is 30.1 Å². The van der Waals surface area contributed by atoms with Crippen LogP contribution >= 0.6 is 12.2 Å². The van der Waals surface area contributed by atoms with Crippen molar-refractivity contribution in [1.29, 1.82) is 0 Å². The number of morpholine rings is 1. The van der Waals surface area contributed by atoms with Gasteiger partial charge < -0.3 is 24.2 Å². The van der Waals surface area contributed by atoms with Crippen LogP contribution in [0.2, 0.25) is 0 Å². The summed E-state index contributed by atoms with van der Waals surface area (Å²) in [5.74, 6) is 0.402. The molecule has 10 nitrogen and oxygen atoms in total. The molecule has 37 heavy (non-hydrogen) atoms. The lowest BCUT2D eigenvalue weighted by atomic mass is 10.1. The lowest BCUT2D eigenvalue weighted by Gasteiger charge is -2.37. The first-order valence-corrected chi connectivity index (χ1v) is 13.1. The number of benzene rings is 2. The van der Waals surface area contributed by atoms with Gasteiger partial charge in [-0.3, -0.25) is 20.2 Å². The molecule has 198 valence electrons. The number of nitrogens with zero attached hydrogens (tertiary/aromatic N) is 4. The number of nitrogens with one attached hydrogen (secondary N) is 1. The summed E-state index contributed by atoms with van der Waals surface area (Å²) in [5.41, 5.74) is 2.16. The van der Waals surface area contributed by atoms with Crippen molar-refractivity contribution in [3.05, 3.63) is 58.1 Å². The van der Waals surface area contributed by atoms with Crippen molar-refractivity contribution in [2.45, 2.75) is 19.8 Å². The van der Waals surface area contributed by atoms with Gasteiger partial charge in [-0.15, -0.1) is 0 Å². The van der Waals surface area contributed by atoms with Crippen molar-refractivity contribution in [2.75, 3.05) is 68.9 Å². The van der Waals surface area contributed by atoms with E-state index in [-0.39, 0.29) is 16.5 Å². The van der Waals surface area contributed by atoms with Gasteiger partial charge in [-0.05, 0) is 49.0 Å². The van der Waals surface area contributed by atoms with Crippen LogP contribution in [0, 0.1) is 10.1 Å². The van der Waals surface area contributed by atoms with Gasteiger partial charge in [-0.2, -0.15) is 0 Å². The smallest absolute Gasteiger partial charge is 0.292 e. The van der Waals surface area contributed by atoms with Crippen molar-refractivity contribution >= 4 is 40.3 Å². The molecule has 4 rings (SSSR count). The molecular formula is C26H33N5O5S. The van der Waals surface area contributed by atoms with Gasteiger partial charge in [-0.25, -0.2) is 0 Å². The van der Waals surface area contributed by atoms with Gasteiger partial charge in [0, 0.05) is 56.6 Å². The Morgan fingerprint density at radius 2 is 1.84 bits per heavy atom. The van der Waals surface area contributed by atoms with Gasteiger partial charge in [0.05, 0.1) is 24.7 Å². The SMILES string of the molecule is CCCCOc1cccc(C(=O)NC(=S)N2CCN(c3ccc([N+](=O)[O-])c(N4CCOCC4)c3)CC2)c1. The molecule has 2 aliphatic heterocycles. The van der Waals surface area contributed by atoms with Gasteiger partial charge in [0.1, 0.15) is 11.4 Å². The third-order valence-corrected chi connectivity index (χ3v) is 6.88. The molecule has 0 bridgehead atoms. The topological polar surface area (TPSA) is 100 Å². The van der Waals surface area contributed by atoms with Crippen molar-refractivity contribution in [3.8, 4) is 5.75 Å². The van der Waals surface area contributed by atoms with Crippen LogP contribution in [0.3, 0.4) is 0 Å². The third kappa shape index (κ3) is 6.86. The molecule has 2 aromatic carbocycles. The fraction of sp³-hybridized carbons (Fsp3) is 0.462. The number of unbranched alkanes of at least 4 members (excludes halogenated alkanes) is 1. The number of anilines is 2. The third-order valence-electron chi connectivity index (χ3n) is 6.52. The second kappa shape index (κ2) is 12.7. The zero-order valence-corrected chi connectivity index (χ0v) is 21.9. The number of nitro groups is 1. The number of carbonyl (C=O) groups excluding carboxylic acids is 1. The van der Waals surface area contributed by atoms with Crippen LogP contribution < -0.4 is 19.9 Å². The Hall–Kier alpha value is -3.44. The number of ether oxygens (including phenoxy) is 2. The van der Waals surface area contributed by atoms with E-state index in [9.17, 15) is 14.9 Å². The standard InChI is InChI=1S/C26H33N5O5S/c1-2-3-15-36-22-6-4-5-20(18-22)25(32)27-26(37)30-11-9-28(10-12-30)21-7-8-23(31(33)34)24(19-21)29-13-16-35-17-14-29/h4-8,18-19H,2-3,9-17H2,1H3,(H,27,32,37). The minimum Gasteiger partial charge on any atom is -0.494 e. The van der Waals surface area contributed by atoms with E-state index in [4.69, 9.17) is 21.7 Å². The molecule has 0 atom stereocenters. The monoisotopic (exact) mass is 527 g/mol. The summed E-state index contributed by atoms with van der Waals surface area (Å²) in [6.45, 7) is 7.69. The molecule has 1 N–H and O–H groups in total. The molecule has 0 radical (unpaired) electrons. The minimum absolute atomic E-state index is 0.105. The Morgan fingerprint density at radius 1 is 1.08 bits per heavy atom. The van der Waals surface area contributed by atoms with E-state index in [0.717, 1.165) is 18.5 Å². The second-order valence-electron chi connectivity index (χ2n) is 8.99. The van der Waals surface area contributed by atoms with Crippen molar-refractivity contribution < 1.29 is 19.2 Å². The number of thiocarbonyl (C=S) groups is 1. The number of piperazine rings is 1. The van der Waals surface area contributed by atoms with E-state index in [0.29, 0.717) is 81.2 Å². The molecule has 0 unspecified atom stereocenters. The van der Waals surface area contributed by atoms with Crippen LogP contribution in [0.15, 0.2) is 42.5 Å². The van der Waals surface area contributed by atoms with Crippen LogP contribution in [0.5, 0.6) is 5.75 Å². The van der Waals surface area contributed by atoms with E-state index in [1.165, 1.54) is 0 Å². The highest BCUT2D eigenvalue weighted by molar-refractivity contribution is 7.80. The molecule has 0 spiro atoms. The van der Waals surface area contributed by atoms with Crippen molar-refractivity contribution in [1.82, 2.24) is 10.2 Å². The fourth-order valence-corrected chi connectivity index (χ4v) is 4.67. The first kappa shape index (κ1) is 26.6. The van der Waals surface area contributed by atoms with E-state index in [1.54, 1.807) is 30.3 Å². The van der Waals surface area contributed by atoms with Crippen LogP contribution in [-0.4, -0.2) is 79.9 Å². The number of hydrogen-bond donors (Lipinski definition) is 1. The highest BCUT2D eigenvalue weighted by atomic mass is 32.1. The predicted octanol–water partition coefficient (Wildman–Crippen LogP) is 3.45. The normalized spacial score (nSPS) is 15.9. The molecule has 0 aliphatic carbocycles. The zero-order valence-electron chi connectivity index (χ0n) is 21.1. The maximum absolute atomic E-state index is 12.8. The van der Waals surface area contributed by atoms with Crippen LogP contribution in [0.4, 0.5) is 17.1 Å². The lowest BCUT2D eigenvalue weighted by molar-refractivity contribution is -0.384. The second-order valence-corrected chi connectivity index (χ2v) is 9.38. The Morgan fingerprint density at radius 3 is 2.54 bits per heavy atom. The van der Waals surface area contributed by atoms with Gasteiger partial charge in [-0.1, -0.05) is 19.4 Å². The Labute approximate surface area is 222 Å². The summed E-state index contributed by atoms with van der Waals surface area (Å²) < 4.78 is 11.1. The van der Waals surface area contributed by atoms with Crippen LogP contribution in [0.25, 0.3) is 0 Å². The molecule has 2 aliphatic rings. The van der Waals surface area contributed by atoms with Crippen LogP contribution in [-0.2, 0) is 4.74 Å². The number of carbonyl (C=O) groups is 1. The van der Waals surface area contributed by atoms with E-state index in [2.05, 4.69) is 17.1 Å². The Kier molecular flexibility index (Phi) is 9.13. The number of nitro benzene ring substituents is 1. The summed E-state index contributed by atoms with van der Waals surface area (Å²) in [5, 5.41) is 14.8. The summed E-state index contributed by atoms with van der Waals surface area (Å²) >= 11 is 5.53. The predicted molar refractivity (Wildman–Crippen MR) is 147 cm³/mol. The van der Waals surface area contributed by atoms with Gasteiger partial charge in [0.15, 0.2) is 5.11 Å². The lowest BCUT2D eigenvalue weighted by Crippen LogP contribution is -2.52.